The van der Waals surface area contributed by atoms with Crippen molar-refractivity contribution in [1.29, 1.82) is 0 Å². The van der Waals surface area contributed by atoms with Crippen molar-refractivity contribution in [3.63, 3.8) is 0 Å². The average Bonchev–Trinajstić information content (AvgIpc) is 3.28. The molecule has 4 aliphatic rings. The second kappa shape index (κ2) is 4.65. The van der Waals surface area contributed by atoms with Crippen LogP contribution in [0.4, 0.5) is 0 Å². The SMILES string of the molecule is O=C1CC=CN=C2N1CC1=C(NCCC1)N2CC1CC1. The number of fused-ring (bicyclic) bond motifs is 1. The van der Waals surface area contributed by atoms with E-state index in [0.717, 1.165) is 37.8 Å². The highest BCUT2D eigenvalue weighted by Gasteiger charge is 2.37. The molecule has 0 radical (unpaired) electrons. The molecule has 106 valence electrons. The van der Waals surface area contributed by atoms with Gasteiger partial charge in [-0.15, -0.1) is 0 Å². The molecule has 3 heterocycles. The molecule has 1 N–H and O–H groups in total. The number of hydrogen-bond acceptors (Lipinski definition) is 4. The van der Waals surface area contributed by atoms with Gasteiger partial charge >= 0.3 is 0 Å². The van der Waals surface area contributed by atoms with Crippen molar-refractivity contribution < 1.29 is 4.79 Å². The zero-order chi connectivity index (χ0) is 13.5. The van der Waals surface area contributed by atoms with Crippen LogP contribution in [0, 0.1) is 5.92 Å². The van der Waals surface area contributed by atoms with E-state index < -0.39 is 0 Å². The molecule has 0 aromatic carbocycles. The van der Waals surface area contributed by atoms with Crippen LogP contribution < -0.4 is 5.32 Å². The van der Waals surface area contributed by atoms with E-state index >= 15 is 0 Å². The van der Waals surface area contributed by atoms with Gasteiger partial charge in [-0.2, -0.15) is 0 Å². The summed E-state index contributed by atoms with van der Waals surface area (Å²) in [5, 5.41) is 3.54. The summed E-state index contributed by atoms with van der Waals surface area (Å²) in [4.78, 5) is 21.0. The van der Waals surface area contributed by atoms with Crippen LogP contribution in [-0.4, -0.2) is 41.3 Å². The third kappa shape index (κ3) is 2.01. The van der Waals surface area contributed by atoms with Crippen molar-refractivity contribution in [2.45, 2.75) is 32.1 Å². The smallest absolute Gasteiger partial charge is 0.233 e. The maximum Gasteiger partial charge on any atom is 0.233 e. The van der Waals surface area contributed by atoms with Crippen LogP contribution in [0.25, 0.3) is 0 Å². The zero-order valence-electron chi connectivity index (χ0n) is 11.6. The molecule has 5 nitrogen and oxygen atoms in total. The first-order valence-corrected chi connectivity index (χ1v) is 7.59. The lowest BCUT2D eigenvalue weighted by molar-refractivity contribution is -0.126. The van der Waals surface area contributed by atoms with Crippen LogP contribution in [-0.2, 0) is 4.79 Å². The van der Waals surface area contributed by atoms with E-state index in [1.54, 1.807) is 6.20 Å². The van der Waals surface area contributed by atoms with Crippen LogP contribution in [0.1, 0.15) is 32.1 Å². The van der Waals surface area contributed by atoms with Gasteiger partial charge in [0.25, 0.3) is 0 Å². The lowest BCUT2D eigenvalue weighted by atomic mass is 10.0. The quantitative estimate of drug-likeness (QED) is 0.827. The fraction of sp³-hybridized carbons (Fsp3) is 0.600. The maximum absolute atomic E-state index is 12.3. The van der Waals surface area contributed by atoms with Gasteiger partial charge in [0.1, 0.15) is 5.82 Å². The monoisotopic (exact) mass is 272 g/mol. The molecule has 1 aliphatic carbocycles. The molecule has 0 bridgehead atoms. The third-order valence-corrected chi connectivity index (χ3v) is 4.41. The predicted molar refractivity (Wildman–Crippen MR) is 76.6 cm³/mol. The Balaban J connectivity index is 1.74. The molecule has 5 heteroatoms. The van der Waals surface area contributed by atoms with E-state index in [9.17, 15) is 4.79 Å². The first-order valence-electron chi connectivity index (χ1n) is 7.59. The standard InChI is InChI=1S/C15H20N4O/c20-13-4-2-8-17-15-18(13)10-12-3-1-7-16-14(12)19(15)9-11-5-6-11/h2,8,11,16H,1,3-7,9-10H2. The van der Waals surface area contributed by atoms with E-state index in [2.05, 4.69) is 15.2 Å². The molecule has 20 heavy (non-hydrogen) atoms. The molecular formula is C15H20N4O. The fourth-order valence-corrected chi connectivity index (χ4v) is 3.15. The minimum atomic E-state index is 0.162. The van der Waals surface area contributed by atoms with Crippen LogP contribution in [0.15, 0.2) is 28.7 Å². The van der Waals surface area contributed by atoms with Crippen molar-refractivity contribution in [2.75, 3.05) is 19.6 Å². The Morgan fingerprint density at radius 1 is 1.40 bits per heavy atom. The number of carbonyl (C=O) groups is 1. The van der Waals surface area contributed by atoms with E-state index in [-0.39, 0.29) is 5.91 Å². The number of carbonyl (C=O) groups excluding carboxylic acids is 1. The summed E-state index contributed by atoms with van der Waals surface area (Å²) in [6, 6.07) is 0. The first kappa shape index (κ1) is 12.0. The topological polar surface area (TPSA) is 47.9 Å². The second-order valence-corrected chi connectivity index (χ2v) is 6.03. The van der Waals surface area contributed by atoms with Crippen LogP contribution in [0.2, 0.25) is 0 Å². The van der Waals surface area contributed by atoms with Gasteiger partial charge in [-0.1, -0.05) is 6.08 Å². The van der Waals surface area contributed by atoms with Crippen molar-refractivity contribution in [2.24, 2.45) is 10.9 Å². The van der Waals surface area contributed by atoms with Gasteiger partial charge in [0, 0.05) is 25.7 Å². The van der Waals surface area contributed by atoms with Crippen LogP contribution in [0.3, 0.4) is 0 Å². The number of rotatable bonds is 2. The zero-order valence-corrected chi connectivity index (χ0v) is 11.6. The summed E-state index contributed by atoms with van der Waals surface area (Å²) in [5.74, 6) is 2.97. The highest BCUT2D eigenvalue weighted by molar-refractivity contribution is 6.00. The number of guanidine groups is 1. The summed E-state index contributed by atoms with van der Waals surface area (Å²) in [5.41, 5.74) is 1.37. The molecule has 1 amide bonds. The van der Waals surface area contributed by atoms with Crippen molar-refractivity contribution in [3.05, 3.63) is 23.7 Å². The van der Waals surface area contributed by atoms with Crippen LogP contribution in [0.5, 0.6) is 0 Å². The van der Waals surface area contributed by atoms with Gasteiger partial charge in [0.2, 0.25) is 11.9 Å². The van der Waals surface area contributed by atoms with Gasteiger partial charge in [0.15, 0.2) is 0 Å². The molecule has 0 unspecified atom stereocenters. The van der Waals surface area contributed by atoms with Crippen molar-refractivity contribution in [1.82, 2.24) is 15.1 Å². The lowest BCUT2D eigenvalue weighted by Crippen LogP contribution is -2.55. The van der Waals surface area contributed by atoms with E-state index in [1.165, 1.54) is 24.2 Å². The van der Waals surface area contributed by atoms with Crippen LogP contribution >= 0.6 is 0 Å². The minimum absolute atomic E-state index is 0.162. The molecule has 1 fully saturated rings. The molecule has 0 saturated heterocycles. The summed E-state index contributed by atoms with van der Waals surface area (Å²) < 4.78 is 0. The molecule has 4 rings (SSSR count). The summed E-state index contributed by atoms with van der Waals surface area (Å²) >= 11 is 0. The Kier molecular flexibility index (Phi) is 2.79. The van der Waals surface area contributed by atoms with Gasteiger partial charge in [0.05, 0.1) is 6.54 Å². The fourth-order valence-electron chi connectivity index (χ4n) is 3.15. The Labute approximate surface area is 119 Å². The lowest BCUT2D eigenvalue weighted by Gasteiger charge is -2.42. The van der Waals surface area contributed by atoms with E-state index in [0.29, 0.717) is 13.0 Å². The Bertz CT molecular complexity index is 530. The number of aliphatic imine (C=N–C) groups is 1. The highest BCUT2D eigenvalue weighted by atomic mass is 16.2. The van der Waals surface area contributed by atoms with E-state index in [1.807, 2.05) is 11.0 Å². The summed E-state index contributed by atoms with van der Waals surface area (Å²) in [6.45, 7) is 2.72. The third-order valence-electron chi connectivity index (χ3n) is 4.41. The molecular weight excluding hydrogens is 252 g/mol. The molecule has 0 aromatic rings. The Hall–Kier alpha value is -1.78. The first-order chi connectivity index (χ1) is 9.83. The van der Waals surface area contributed by atoms with Crippen molar-refractivity contribution in [3.8, 4) is 0 Å². The van der Waals surface area contributed by atoms with Crippen molar-refractivity contribution >= 4 is 11.9 Å². The van der Waals surface area contributed by atoms with Gasteiger partial charge < -0.3 is 5.32 Å². The molecule has 0 atom stereocenters. The normalized spacial score (nSPS) is 25.8. The number of nitrogens with zero attached hydrogens (tertiary/aromatic N) is 3. The summed E-state index contributed by atoms with van der Waals surface area (Å²) in [7, 11) is 0. The number of hydrogen-bond donors (Lipinski definition) is 1. The van der Waals surface area contributed by atoms with E-state index in [4.69, 9.17) is 0 Å². The van der Waals surface area contributed by atoms with Gasteiger partial charge in [-0.3, -0.25) is 14.6 Å². The predicted octanol–water partition coefficient (Wildman–Crippen LogP) is 1.41. The maximum atomic E-state index is 12.3. The molecule has 0 spiro atoms. The minimum Gasteiger partial charge on any atom is -0.371 e. The summed E-state index contributed by atoms with van der Waals surface area (Å²) in [6.07, 6.45) is 8.94. The molecule has 0 aromatic heterocycles. The molecule has 3 aliphatic heterocycles. The van der Waals surface area contributed by atoms with Gasteiger partial charge in [-0.05, 0) is 37.2 Å². The molecule has 1 saturated carbocycles. The average molecular weight is 272 g/mol. The largest absolute Gasteiger partial charge is 0.371 e. The van der Waals surface area contributed by atoms with Gasteiger partial charge in [-0.25, -0.2) is 4.99 Å². The highest BCUT2D eigenvalue weighted by Crippen LogP contribution is 2.34. The number of amides is 1. The Morgan fingerprint density at radius 2 is 2.30 bits per heavy atom. The second-order valence-electron chi connectivity index (χ2n) is 6.03. The Morgan fingerprint density at radius 3 is 3.15 bits per heavy atom. The number of nitrogens with one attached hydrogen (secondary N) is 1.